The fourth-order valence-corrected chi connectivity index (χ4v) is 2.40. The zero-order valence-electron chi connectivity index (χ0n) is 11.3. The number of hydrogen-bond donors (Lipinski definition) is 0. The maximum atomic E-state index is 11.0. The second-order valence-corrected chi connectivity index (χ2v) is 4.97. The molecule has 3 nitrogen and oxygen atoms in total. The van der Waals surface area contributed by atoms with Crippen molar-refractivity contribution in [2.75, 3.05) is 20.1 Å². The molecule has 0 bridgehead atoms. The van der Waals surface area contributed by atoms with E-state index in [2.05, 4.69) is 47.0 Å². The van der Waals surface area contributed by atoms with Gasteiger partial charge in [0, 0.05) is 30.7 Å². The molecule has 0 spiro atoms. The Morgan fingerprint density at radius 2 is 2.06 bits per heavy atom. The van der Waals surface area contributed by atoms with E-state index in [0.717, 1.165) is 13.0 Å². The molecule has 1 heterocycles. The Labute approximate surface area is 108 Å². The van der Waals surface area contributed by atoms with Gasteiger partial charge >= 0.3 is 0 Å². The summed E-state index contributed by atoms with van der Waals surface area (Å²) in [6, 6.07) is 8.44. The van der Waals surface area contributed by atoms with E-state index in [1.54, 1.807) is 6.92 Å². The summed E-state index contributed by atoms with van der Waals surface area (Å²) in [6.07, 6.45) is 3.16. The highest BCUT2D eigenvalue weighted by Gasteiger charge is 2.07. The van der Waals surface area contributed by atoms with Gasteiger partial charge in [0.05, 0.1) is 6.54 Å². The number of rotatable bonds is 5. The van der Waals surface area contributed by atoms with Crippen LogP contribution in [-0.2, 0) is 18.3 Å². The number of hydrogen-bond acceptors (Lipinski definition) is 2. The van der Waals surface area contributed by atoms with Crippen molar-refractivity contribution in [3.63, 3.8) is 0 Å². The van der Waals surface area contributed by atoms with Crippen molar-refractivity contribution in [1.29, 1.82) is 0 Å². The first-order chi connectivity index (χ1) is 8.58. The molecule has 0 amide bonds. The first-order valence-corrected chi connectivity index (χ1v) is 6.29. The van der Waals surface area contributed by atoms with E-state index in [1.165, 1.54) is 16.5 Å². The van der Waals surface area contributed by atoms with Crippen LogP contribution < -0.4 is 0 Å². The number of fused-ring (bicyclic) bond motifs is 1. The first kappa shape index (κ1) is 12.8. The molecule has 0 N–H and O–H groups in total. The Balaban J connectivity index is 2.10. The van der Waals surface area contributed by atoms with Crippen LogP contribution >= 0.6 is 0 Å². The quantitative estimate of drug-likeness (QED) is 0.806. The van der Waals surface area contributed by atoms with Gasteiger partial charge in [-0.1, -0.05) is 18.2 Å². The van der Waals surface area contributed by atoms with Crippen molar-refractivity contribution in [3.8, 4) is 0 Å². The Morgan fingerprint density at radius 1 is 1.33 bits per heavy atom. The van der Waals surface area contributed by atoms with E-state index in [-0.39, 0.29) is 5.78 Å². The maximum absolute atomic E-state index is 11.0. The average Bonchev–Trinajstić information content (AvgIpc) is 2.64. The van der Waals surface area contributed by atoms with Gasteiger partial charge in [-0.3, -0.25) is 9.69 Å². The van der Waals surface area contributed by atoms with Crippen LogP contribution in [0.15, 0.2) is 30.5 Å². The molecule has 1 aromatic carbocycles. The van der Waals surface area contributed by atoms with Crippen LogP contribution in [0, 0.1) is 0 Å². The summed E-state index contributed by atoms with van der Waals surface area (Å²) in [7, 11) is 4.07. The molecule has 1 aromatic heterocycles. The number of aryl methyl sites for hydroxylation is 1. The van der Waals surface area contributed by atoms with Crippen LogP contribution in [0.25, 0.3) is 10.9 Å². The molecule has 18 heavy (non-hydrogen) atoms. The third kappa shape index (κ3) is 2.79. The smallest absolute Gasteiger partial charge is 0.143 e. The normalized spacial score (nSPS) is 11.3. The fourth-order valence-electron chi connectivity index (χ4n) is 2.40. The van der Waals surface area contributed by atoms with Gasteiger partial charge in [-0.2, -0.15) is 0 Å². The minimum Gasteiger partial charge on any atom is -0.350 e. The van der Waals surface area contributed by atoms with Gasteiger partial charge in [-0.15, -0.1) is 0 Å². The van der Waals surface area contributed by atoms with Crippen LogP contribution in [0.1, 0.15) is 12.5 Å². The highest BCUT2D eigenvalue weighted by Crippen LogP contribution is 2.20. The lowest BCUT2D eigenvalue weighted by molar-refractivity contribution is -0.117. The van der Waals surface area contributed by atoms with Crippen LogP contribution in [0.4, 0.5) is 0 Å². The molecule has 0 radical (unpaired) electrons. The Hall–Kier alpha value is -1.61. The topological polar surface area (TPSA) is 25.2 Å². The van der Waals surface area contributed by atoms with E-state index in [9.17, 15) is 4.79 Å². The highest BCUT2D eigenvalue weighted by molar-refractivity contribution is 5.83. The molecule has 0 aliphatic rings. The summed E-state index contributed by atoms with van der Waals surface area (Å²) in [4.78, 5) is 13.1. The predicted octanol–water partition coefficient (Wildman–Crippen LogP) is 2.24. The molecule has 0 unspecified atom stereocenters. The van der Waals surface area contributed by atoms with Gasteiger partial charge in [0.2, 0.25) is 0 Å². The van der Waals surface area contributed by atoms with Crippen LogP contribution in [0.5, 0.6) is 0 Å². The van der Waals surface area contributed by atoms with Crippen molar-refractivity contribution >= 4 is 16.7 Å². The third-order valence-corrected chi connectivity index (χ3v) is 3.23. The number of carbonyl (C=O) groups is 1. The van der Waals surface area contributed by atoms with Crippen LogP contribution in [0.2, 0.25) is 0 Å². The second-order valence-electron chi connectivity index (χ2n) is 4.97. The summed E-state index contributed by atoms with van der Waals surface area (Å²) in [6.45, 7) is 3.08. The fraction of sp³-hybridized carbons (Fsp3) is 0.400. The SMILES string of the molecule is CC(=O)CN(C)CCc1cn(C)c2ccccc12. The predicted molar refractivity (Wildman–Crippen MR) is 74.8 cm³/mol. The van der Waals surface area contributed by atoms with Crippen molar-refractivity contribution in [2.24, 2.45) is 7.05 Å². The number of ketones is 1. The zero-order chi connectivity index (χ0) is 13.1. The molecule has 3 heteroatoms. The van der Waals surface area contributed by atoms with E-state index in [1.807, 2.05) is 7.05 Å². The molecule has 0 aliphatic heterocycles. The lowest BCUT2D eigenvalue weighted by Gasteiger charge is -2.13. The average molecular weight is 244 g/mol. The summed E-state index contributed by atoms with van der Waals surface area (Å²) >= 11 is 0. The van der Waals surface area contributed by atoms with Crippen molar-refractivity contribution < 1.29 is 4.79 Å². The summed E-state index contributed by atoms with van der Waals surface area (Å²) in [5.74, 6) is 0.218. The van der Waals surface area contributed by atoms with Gasteiger partial charge in [-0.05, 0) is 32.0 Å². The highest BCUT2D eigenvalue weighted by atomic mass is 16.1. The number of Topliss-reactive ketones (excluding diaryl/α,β-unsaturated/α-hetero) is 1. The molecular weight excluding hydrogens is 224 g/mol. The van der Waals surface area contributed by atoms with Gasteiger partial charge in [0.25, 0.3) is 0 Å². The number of nitrogens with zero attached hydrogens (tertiary/aromatic N) is 2. The summed E-state index contributed by atoms with van der Waals surface area (Å²) in [5.41, 5.74) is 2.62. The Bertz CT molecular complexity index is 557. The van der Waals surface area contributed by atoms with Crippen molar-refractivity contribution in [2.45, 2.75) is 13.3 Å². The molecule has 0 saturated carbocycles. The summed E-state index contributed by atoms with van der Waals surface area (Å²) < 4.78 is 2.16. The first-order valence-electron chi connectivity index (χ1n) is 6.29. The number of aromatic nitrogens is 1. The number of likely N-dealkylation sites (N-methyl/N-ethyl adjacent to an activating group) is 1. The largest absolute Gasteiger partial charge is 0.350 e. The third-order valence-electron chi connectivity index (χ3n) is 3.23. The minimum absolute atomic E-state index is 0.218. The van der Waals surface area contributed by atoms with Crippen LogP contribution in [0.3, 0.4) is 0 Å². The molecule has 0 saturated heterocycles. The molecule has 2 rings (SSSR count). The van der Waals surface area contributed by atoms with E-state index < -0.39 is 0 Å². The van der Waals surface area contributed by atoms with Crippen molar-refractivity contribution in [1.82, 2.24) is 9.47 Å². The molecule has 0 fully saturated rings. The molecule has 96 valence electrons. The molecule has 2 aromatic rings. The molecular formula is C15H20N2O. The van der Waals surface area contributed by atoms with Gasteiger partial charge < -0.3 is 4.57 Å². The zero-order valence-corrected chi connectivity index (χ0v) is 11.3. The van der Waals surface area contributed by atoms with Gasteiger partial charge in [-0.25, -0.2) is 0 Å². The standard InChI is InChI=1S/C15H20N2O/c1-12(18)10-16(2)9-8-13-11-17(3)15-7-5-4-6-14(13)15/h4-7,11H,8-10H2,1-3H3. The lowest BCUT2D eigenvalue weighted by atomic mass is 10.1. The monoisotopic (exact) mass is 244 g/mol. The molecule has 0 aliphatic carbocycles. The summed E-state index contributed by atoms with van der Waals surface area (Å²) in [5, 5.41) is 1.32. The Kier molecular flexibility index (Phi) is 3.82. The second kappa shape index (κ2) is 5.36. The maximum Gasteiger partial charge on any atom is 0.143 e. The van der Waals surface area contributed by atoms with E-state index in [0.29, 0.717) is 6.54 Å². The number of benzene rings is 1. The molecule has 0 atom stereocenters. The van der Waals surface area contributed by atoms with E-state index >= 15 is 0 Å². The van der Waals surface area contributed by atoms with Gasteiger partial charge in [0.15, 0.2) is 0 Å². The van der Waals surface area contributed by atoms with Gasteiger partial charge in [0.1, 0.15) is 5.78 Å². The number of carbonyl (C=O) groups excluding carboxylic acids is 1. The lowest BCUT2D eigenvalue weighted by Crippen LogP contribution is -2.26. The van der Waals surface area contributed by atoms with Crippen LogP contribution in [-0.4, -0.2) is 35.4 Å². The van der Waals surface area contributed by atoms with Crippen molar-refractivity contribution in [3.05, 3.63) is 36.0 Å². The Morgan fingerprint density at radius 3 is 2.78 bits per heavy atom. The number of para-hydroxylation sites is 1. The minimum atomic E-state index is 0.218. The van der Waals surface area contributed by atoms with E-state index in [4.69, 9.17) is 0 Å².